The number of Topliss-reactive ketones (excluding diaryl/α,β-unsaturated/α-hetero) is 2. The molecule has 2 saturated heterocycles. The Morgan fingerprint density at radius 2 is 1.35 bits per heavy atom. The number of hydrogen-bond acceptors (Lipinski definition) is 6. The molecule has 2 heterocycles. The molecule has 3 aromatic rings. The molecule has 7 heteroatoms. The van der Waals surface area contributed by atoms with Gasteiger partial charge in [-0.3, -0.25) is 19.2 Å². The molecular formula is C27H19NO6. The third kappa shape index (κ3) is 2.50. The summed E-state index contributed by atoms with van der Waals surface area (Å²) in [7, 11) is 1.52. The molecule has 0 radical (unpaired) electrons. The molecule has 3 aliphatic rings. The van der Waals surface area contributed by atoms with E-state index in [0.29, 0.717) is 17.0 Å². The van der Waals surface area contributed by atoms with Crippen LogP contribution in [0.2, 0.25) is 0 Å². The highest BCUT2D eigenvalue weighted by Gasteiger charge is 2.74. The molecule has 34 heavy (non-hydrogen) atoms. The molecule has 2 amide bonds. The predicted octanol–water partition coefficient (Wildman–Crippen LogP) is 3.39. The van der Waals surface area contributed by atoms with Crippen molar-refractivity contribution < 1.29 is 28.7 Å². The topological polar surface area (TPSA) is 90.0 Å². The second kappa shape index (κ2) is 7.20. The number of carbonyl (C=O) groups excluding carboxylic acids is 4. The van der Waals surface area contributed by atoms with E-state index < -0.39 is 46.9 Å². The van der Waals surface area contributed by atoms with Crippen LogP contribution in [0.5, 0.6) is 5.75 Å². The zero-order valence-electron chi connectivity index (χ0n) is 18.1. The van der Waals surface area contributed by atoms with Crippen molar-refractivity contribution in [2.45, 2.75) is 11.7 Å². The highest BCUT2D eigenvalue weighted by atomic mass is 16.5. The molecule has 0 saturated carbocycles. The number of rotatable bonds is 3. The van der Waals surface area contributed by atoms with Crippen LogP contribution in [0.25, 0.3) is 0 Å². The van der Waals surface area contributed by atoms with E-state index in [1.165, 1.54) is 7.11 Å². The Bertz CT molecular complexity index is 1330. The molecule has 2 aliphatic heterocycles. The summed E-state index contributed by atoms with van der Waals surface area (Å²) in [5.74, 6) is -3.96. The fourth-order valence-electron chi connectivity index (χ4n) is 5.45. The van der Waals surface area contributed by atoms with Crippen LogP contribution in [0.4, 0.5) is 5.69 Å². The molecule has 3 atom stereocenters. The summed E-state index contributed by atoms with van der Waals surface area (Å²) in [6.45, 7) is 0. The van der Waals surface area contributed by atoms with Crippen LogP contribution >= 0.6 is 0 Å². The van der Waals surface area contributed by atoms with Crippen molar-refractivity contribution in [3.05, 3.63) is 95.6 Å². The molecule has 168 valence electrons. The van der Waals surface area contributed by atoms with Crippen LogP contribution < -0.4 is 9.64 Å². The zero-order valence-corrected chi connectivity index (χ0v) is 18.1. The Morgan fingerprint density at radius 3 is 1.94 bits per heavy atom. The lowest BCUT2D eigenvalue weighted by Gasteiger charge is -2.27. The first-order chi connectivity index (χ1) is 16.5. The van der Waals surface area contributed by atoms with Gasteiger partial charge in [-0.25, -0.2) is 4.90 Å². The van der Waals surface area contributed by atoms with Crippen LogP contribution in [-0.2, 0) is 14.3 Å². The summed E-state index contributed by atoms with van der Waals surface area (Å²) in [5.41, 5.74) is -0.666. The third-order valence-corrected chi connectivity index (χ3v) is 6.98. The van der Waals surface area contributed by atoms with Gasteiger partial charge in [0.25, 0.3) is 0 Å². The third-order valence-electron chi connectivity index (χ3n) is 6.98. The first-order valence-electron chi connectivity index (χ1n) is 10.9. The Hall–Kier alpha value is -4.10. The lowest BCUT2D eigenvalue weighted by Crippen LogP contribution is -2.51. The van der Waals surface area contributed by atoms with Gasteiger partial charge in [-0.2, -0.15) is 0 Å². The van der Waals surface area contributed by atoms with E-state index in [1.54, 1.807) is 72.8 Å². The van der Waals surface area contributed by atoms with Crippen molar-refractivity contribution in [2.24, 2.45) is 11.8 Å². The van der Waals surface area contributed by atoms with Crippen LogP contribution in [0.15, 0.2) is 78.9 Å². The zero-order chi connectivity index (χ0) is 23.6. The summed E-state index contributed by atoms with van der Waals surface area (Å²) in [6.07, 6.45) is -0.923. The molecule has 1 aliphatic carbocycles. The molecule has 7 nitrogen and oxygen atoms in total. The summed E-state index contributed by atoms with van der Waals surface area (Å²) >= 11 is 0. The van der Waals surface area contributed by atoms with Gasteiger partial charge in [0.2, 0.25) is 29.0 Å². The van der Waals surface area contributed by atoms with E-state index >= 15 is 0 Å². The maximum atomic E-state index is 13.8. The minimum atomic E-state index is -2.07. The van der Waals surface area contributed by atoms with Gasteiger partial charge in [0.15, 0.2) is 0 Å². The predicted molar refractivity (Wildman–Crippen MR) is 121 cm³/mol. The van der Waals surface area contributed by atoms with Gasteiger partial charge in [0.05, 0.1) is 30.7 Å². The minimum absolute atomic E-state index is 0.211. The lowest BCUT2D eigenvalue weighted by molar-refractivity contribution is -0.127. The van der Waals surface area contributed by atoms with E-state index in [4.69, 9.17) is 9.47 Å². The number of ketones is 2. The van der Waals surface area contributed by atoms with E-state index in [0.717, 1.165) is 4.90 Å². The van der Waals surface area contributed by atoms with Crippen molar-refractivity contribution >= 4 is 29.1 Å². The number of fused-ring (bicyclic) bond motifs is 3. The molecule has 6 rings (SSSR count). The van der Waals surface area contributed by atoms with Crippen molar-refractivity contribution in [1.82, 2.24) is 0 Å². The standard InChI is InChI=1S/C27H19NO6/c1-33-17-13-11-16(12-14-17)28-25(31)20-21(26(28)32)27(34-22(20)15-7-3-2-4-8-15)23(29)18-9-5-6-10-19(18)24(27)30/h2-14,20-22H,1H3/t20-,21-,22-/m1/s1. The SMILES string of the molecule is COc1ccc(N2C(=O)[C@H]3[C@@H](c4ccccc4)OC4(C(=O)c5ccccc5C4=O)[C@H]3C2=O)cc1. The number of carbonyl (C=O) groups is 4. The number of methoxy groups -OCH3 is 1. The Balaban J connectivity index is 1.52. The fraction of sp³-hybridized carbons (Fsp3) is 0.185. The number of amides is 2. The second-order valence-corrected chi connectivity index (χ2v) is 8.60. The average molecular weight is 453 g/mol. The summed E-state index contributed by atoms with van der Waals surface area (Å²) in [5, 5.41) is 0. The summed E-state index contributed by atoms with van der Waals surface area (Å²) in [6, 6.07) is 21.9. The monoisotopic (exact) mass is 453 g/mol. The highest BCUT2D eigenvalue weighted by Crippen LogP contribution is 2.57. The van der Waals surface area contributed by atoms with E-state index in [9.17, 15) is 19.2 Å². The fourth-order valence-corrected chi connectivity index (χ4v) is 5.45. The normalized spacial score (nSPS) is 24.6. The van der Waals surface area contributed by atoms with Gasteiger partial charge in [0.1, 0.15) is 5.75 Å². The first-order valence-corrected chi connectivity index (χ1v) is 10.9. The largest absolute Gasteiger partial charge is 0.497 e. The molecule has 3 aromatic carbocycles. The van der Waals surface area contributed by atoms with E-state index in [-0.39, 0.29) is 11.1 Å². The van der Waals surface area contributed by atoms with Crippen LogP contribution in [0.1, 0.15) is 32.4 Å². The van der Waals surface area contributed by atoms with Gasteiger partial charge in [-0.15, -0.1) is 0 Å². The van der Waals surface area contributed by atoms with Crippen molar-refractivity contribution in [2.75, 3.05) is 12.0 Å². The molecule has 0 bridgehead atoms. The Kier molecular flexibility index (Phi) is 4.34. The smallest absolute Gasteiger partial charge is 0.241 e. The van der Waals surface area contributed by atoms with E-state index in [1.807, 2.05) is 6.07 Å². The van der Waals surface area contributed by atoms with Gasteiger partial charge in [-0.1, -0.05) is 54.6 Å². The lowest BCUT2D eigenvalue weighted by atomic mass is 9.77. The van der Waals surface area contributed by atoms with Crippen molar-refractivity contribution in [1.29, 1.82) is 0 Å². The molecule has 1 spiro atoms. The van der Waals surface area contributed by atoms with Gasteiger partial charge in [0, 0.05) is 11.1 Å². The van der Waals surface area contributed by atoms with Crippen LogP contribution in [0, 0.1) is 11.8 Å². The quantitative estimate of drug-likeness (QED) is 0.446. The number of anilines is 1. The molecule has 0 aromatic heterocycles. The number of imide groups is 1. The maximum Gasteiger partial charge on any atom is 0.241 e. The molecule has 0 N–H and O–H groups in total. The number of nitrogens with zero attached hydrogens (tertiary/aromatic N) is 1. The summed E-state index contributed by atoms with van der Waals surface area (Å²) < 4.78 is 11.4. The minimum Gasteiger partial charge on any atom is -0.497 e. The van der Waals surface area contributed by atoms with Gasteiger partial charge < -0.3 is 9.47 Å². The van der Waals surface area contributed by atoms with Gasteiger partial charge in [-0.05, 0) is 29.8 Å². The van der Waals surface area contributed by atoms with Crippen molar-refractivity contribution in [3.8, 4) is 5.75 Å². The van der Waals surface area contributed by atoms with Gasteiger partial charge >= 0.3 is 0 Å². The van der Waals surface area contributed by atoms with Crippen molar-refractivity contribution in [3.63, 3.8) is 0 Å². The molecule has 2 fully saturated rings. The Labute approximate surface area is 194 Å². The molecular weight excluding hydrogens is 434 g/mol. The molecule has 0 unspecified atom stereocenters. The first kappa shape index (κ1) is 20.5. The highest BCUT2D eigenvalue weighted by molar-refractivity contribution is 6.37. The van der Waals surface area contributed by atoms with Crippen LogP contribution in [0.3, 0.4) is 0 Å². The maximum absolute atomic E-state index is 13.8. The number of hydrogen-bond donors (Lipinski definition) is 0. The Morgan fingerprint density at radius 1 is 0.765 bits per heavy atom. The summed E-state index contributed by atoms with van der Waals surface area (Å²) in [4.78, 5) is 56.0. The number of benzene rings is 3. The van der Waals surface area contributed by atoms with Crippen LogP contribution in [-0.4, -0.2) is 36.1 Å². The average Bonchev–Trinajstić information content (AvgIpc) is 3.45. The van der Waals surface area contributed by atoms with E-state index in [2.05, 4.69) is 0 Å². The second-order valence-electron chi connectivity index (χ2n) is 8.60. The number of ether oxygens (including phenoxy) is 2.